The predicted molar refractivity (Wildman–Crippen MR) is 87.1 cm³/mol. The molecule has 0 bridgehead atoms. The van der Waals surface area contributed by atoms with E-state index < -0.39 is 0 Å². The van der Waals surface area contributed by atoms with Crippen molar-refractivity contribution in [2.24, 2.45) is 0 Å². The van der Waals surface area contributed by atoms with E-state index in [0.29, 0.717) is 12.1 Å². The first-order chi connectivity index (χ1) is 11.3. The van der Waals surface area contributed by atoms with Gasteiger partial charge >= 0.3 is 0 Å². The fourth-order valence-corrected chi connectivity index (χ4v) is 2.09. The first kappa shape index (κ1) is 14.6. The van der Waals surface area contributed by atoms with Crippen LogP contribution in [0.3, 0.4) is 0 Å². The third-order valence-corrected chi connectivity index (χ3v) is 3.26. The molecule has 0 saturated carbocycles. The zero-order chi connectivity index (χ0) is 16.1. The maximum absolute atomic E-state index is 11.8. The monoisotopic (exact) mass is 305 g/mol. The second kappa shape index (κ2) is 6.65. The molecule has 0 unspecified atom stereocenters. The Hall–Kier alpha value is -3.28. The van der Waals surface area contributed by atoms with Crippen LogP contribution in [-0.2, 0) is 0 Å². The molecule has 23 heavy (non-hydrogen) atoms. The second-order valence-corrected chi connectivity index (χ2v) is 4.81. The van der Waals surface area contributed by atoms with Crippen molar-refractivity contribution in [1.29, 1.82) is 0 Å². The molecule has 6 heteroatoms. The first-order valence-electron chi connectivity index (χ1n) is 7.08. The van der Waals surface area contributed by atoms with Gasteiger partial charge in [0.15, 0.2) is 0 Å². The molecule has 114 valence electrons. The van der Waals surface area contributed by atoms with Crippen LogP contribution in [0.4, 0.5) is 0 Å². The summed E-state index contributed by atoms with van der Waals surface area (Å²) in [5.41, 5.74) is 3.18. The first-order valence-corrected chi connectivity index (χ1v) is 7.08. The van der Waals surface area contributed by atoms with Gasteiger partial charge in [-0.15, -0.1) is 6.58 Å². The van der Waals surface area contributed by atoms with Gasteiger partial charge in [0.25, 0.3) is 5.91 Å². The fraction of sp³-hybridized carbons (Fsp3) is 0.0588. The summed E-state index contributed by atoms with van der Waals surface area (Å²) >= 11 is 0. The van der Waals surface area contributed by atoms with E-state index in [2.05, 4.69) is 27.0 Å². The topological polar surface area (TPSA) is 72.7 Å². The number of nitrogens with one attached hydrogen (secondary N) is 1. The van der Waals surface area contributed by atoms with Gasteiger partial charge in [-0.1, -0.05) is 6.08 Å². The minimum Gasteiger partial charge on any atom is -0.349 e. The summed E-state index contributed by atoms with van der Waals surface area (Å²) in [5.74, 6) is -0.126. The van der Waals surface area contributed by atoms with Gasteiger partial charge in [-0.25, -0.2) is 14.6 Å². The maximum atomic E-state index is 11.8. The molecule has 1 N–H and O–H groups in total. The van der Waals surface area contributed by atoms with Crippen LogP contribution in [0, 0.1) is 0 Å². The molecule has 1 aromatic carbocycles. The van der Waals surface area contributed by atoms with Crippen LogP contribution in [0.2, 0.25) is 0 Å². The van der Waals surface area contributed by atoms with E-state index in [1.165, 1.54) is 6.33 Å². The Morgan fingerprint density at radius 3 is 2.78 bits per heavy atom. The summed E-state index contributed by atoms with van der Waals surface area (Å²) < 4.78 is 1.74. The highest BCUT2D eigenvalue weighted by Crippen LogP contribution is 2.17. The van der Waals surface area contributed by atoms with E-state index >= 15 is 0 Å². The Bertz CT molecular complexity index is 809. The van der Waals surface area contributed by atoms with Crippen LogP contribution in [0.15, 0.2) is 67.9 Å². The molecule has 2 aromatic heterocycles. The van der Waals surface area contributed by atoms with Gasteiger partial charge in [-0.05, 0) is 30.3 Å². The van der Waals surface area contributed by atoms with Crippen LogP contribution >= 0.6 is 0 Å². The van der Waals surface area contributed by atoms with Crippen LogP contribution in [0.25, 0.3) is 16.9 Å². The maximum Gasteiger partial charge on any atom is 0.251 e. The summed E-state index contributed by atoms with van der Waals surface area (Å²) in [6.07, 6.45) is 8.46. The number of carbonyl (C=O) groups is 1. The number of hydrogen-bond donors (Lipinski definition) is 1. The highest BCUT2D eigenvalue weighted by molar-refractivity contribution is 5.94. The second-order valence-electron chi connectivity index (χ2n) is 4.81. The minimum absolute atomic E-state index is 0.126. The van der Waals surface area contributed by atoms with Crippen molar-refractivity contribution in [1.82, 2.24) is 25.1 Å². The molecule has 0 radical (unpaired) electrons. The highest BCUT2D eigenvalue weighted by Gasteiger charge is 2.07. The summed E-state index contributed by atoms with van der Waals surface area (Å²) in [5, 5.41) is 7.07. The molecule has 0 aliphatic heterocycles. The predicted octanol–water partition coefficient (Wildman–Crippen LogP) is 2.25. The van der Waals surface area contributed by atoms with Crippen molar-refractivity contribution in [3.63, 3.8) is 0 Å². The lowest BCUT2D eigenvalue weighted by molar-refractivity contribution is 0.0958. The van der Waals surface area contributed by atoms with Gasteiger partial charge in [0.2, 0.25) is 0 Å². The zero-order valence-corrected chi connectivity index (χ0v) is 12.4. The SMILES string of the molecule is C=CCNC(=O)c1ccc(-n2cc(-c3ccncn3)cn2)cc1. The Labute approximate surface area is 133 Å². The van der Waals surface area contributed by atoms with E-state index in [0.717, 1.165) is 16.9 Å². The van der Waals surface area contributed by atoms with E-state index in [1.54, 1.807) is 35.3 Å². The Morgan fingerprint density at radius 1 is 1.26 bits per heavy atom. The normalized spacial score (nSPS) is 10.3. The zero-order valence-electron chi connectivity index (χ0n) is 12.4. The molecule has 3 aromatic rings. The molecule has 3 rings (SSSR count). The van der Waals surface area contributed by atoms with Crippen LogP contribution < -0.4 is 5.32 Å². The molecule has 0 atom stereocenters. The Morgan fingerprint density at radius 2 is 2.09 bits per heavy atom. The molecule has 2 heterocycles. The average molecular weight is 305 g/mol. The molecule has 1 amide bonds. The number of rotatable bonds is 5. The van der Waals surface area contributed by atoms with Crippen LogP contribution in [-0.4, -0.2) is 32.2 Å². The summed E-state index contributed by atoms with van der Waals surface area (Å²) in [7, 11) is 0. The van der Waals surface area contributed by atoms with E-state index in [1.807, 2.05) is 24.4 Å². The number of amides is 1. The summed E-state index contributed by atoms with van der Waals surface area (Å²) in [6.45, 7) is 4.02. The van der Waals surface area contributed by atoms with Crippen molar-refractivity contribution < 1.29 is 4.79 Å². The molecule has 6 nitrogen and oxygen atoms in total. The number of hydrogen-bond acceptors (Lipinski definition) is 4. The van der Waals surface area contributed by atoms with Crippen molar-refractivity contribution in [3.8, 4) is 16.9 Å². The molecule has 0 aliphatic carbocycles. The third-order valence-electron chi connectivity index (χ3n) is 3.26. The van der Waals surface area contributed by atoms with Gasteiger partial charge in [-0.2, -0.15) is 5.10 Å². The van der Waals surface area contributed by atoms with Gasteiger partial charge in [0.05, 0.1) is 17.6 Å². The Kier molecular flexibility index (Phi) is 4.24. The van der Waals surface area contributed by atoms with Crippen molar-refractivity contribution >= 4 is 5.91 Å². The highest BCUT2D eigenvalue weighted by atomic mass is 16.1. The lowest BCUT2D eigenvalue weighted by atomic mass is 10.2. The molecule has 0 fully saturated rings. The van der Waals surface area contributed by atoms with Gasteiger partial charge < -0.3 is 5.32 Å². The van der Waals surface area contributed by atoms with Crippen molar-refractivity contribution in [3.05, 3.63) is 73.5 Å². The number of benzene rings is 1. The minimum atomic E-state index is -0.126. The Balaban J connectivity index is 1.79. The van der Waals surface area contributed by atoms with E-state index in [4.69, 9.17) is 0 Å². The largest absolute Gasteiger partial charge is 0.349 e. The van der Waals surface area contributed by atoms with Crippen molar-refractivity contribution in [2.45, 2.75) is 0 Å². The number of aromatic nitrogens is 4. The van der Waals surface area contributed by atoms with E-state index in [9.17, 15) is 4.79 Å². The van der Waals surface area contributed by atoms with Crippen LogP contribution in [0.5, 0.6) is 0 Å². The number of carbonyl (C=O) groups excluding carboxylic acids is 1. The lowest BCUT2D eigenvalue weighted by Crippen LogP contribution is -2.23. The lowest BCUT2D eigenvalue weighted by Gasteiger charge is -2.04. The molecular formula is C17H15N5O. The van der Waals surface area contributed by atoms with E-state index in [-0.39, 0.29) is 5.91 Å². The van der Waals surface area contributed by atoms with Gasteiger partial charge in [0.1, 0.15) is 6.33 Å². The molecule has 0 saturated heterocycles. The third kappa shape index (κ3) is 3.32. The fourth-order valence-electron chi connectivity index (χ4n) is 2.09. The average Bonchev–Trinajstić information content (AvgIpc) is 3.11. The quantitative estimate of drug-likeness (QED) is 0.734. The summed E-state index contributed by atoms with van der Waals surface area (Å²) in [6, 6.07) is 9.05. The molecule has 0 aliphatic rings. The number of nitrogens with zero attached hydrogens (tertiary/aromatic N) is 4. The smallest absolute Gasteiger partial charge is 0.251 e. The molecular weight excluding hydrogens is 290 g/mol. The summed E-state index contributed by atoms with van der Waals surface area (Å²) in [4.78, 5) is 19.9. The standard InChI is InChI=1S/C17H15N5O/c1-2-8-19-17(23)13-3-5-15(6-4-13)22-11-14(10-21-22)16-7-9-18-12-20-16/h2-7,9-12H,1,8H2,(H,19,23). The van der Waals surface area contributed by atoms with Gasteiger partial charge in [0, 0.05) is 30.1 Å². The molecule has 0 spiro atoms. The van der Waals surface area contributed by atoms with Crippen molar-refractivity contribution in [2.75, 3.05) is 6.54 Å². The van der Waals surface area contributed by atoms with Crippen LogP contribution in [0.1, 0.15) is 10.4 Å². The van der Waals surface area contributed by atoms with Gasteiger partial charge in [-0.3, -0.25) is 4.79 Å².